The lowest BCUT2D eigenvalue weighted by Gasteiger charge is -2.29. The molecular weight excluding hydrogens is 833 g/mol. The molecule has 0 bridgehead atoms. The third-order valence-electron chi connectivity index (χ3n) is 12.4. The molecule has 3 heterocycles. The normalized spacial score (nSPS) is 12.8. The number of thiophene rings is 2. The van der Waals surface area contributed by atoms with Crippen molar-refractivity contribution in [3.8, 4) is 31.7 Å². The quantitative estimate of drug-likeness (QED) is 0.0234. The number of ether oxygens (including phenoxy) is 2. The first-order chi connectivity index (χ1) is 30.8. The Balaban J connectivity index is 1.34. The molecule has 3 aromatic carbocycles. The first kappa shape index (κ1) is 47.8. The number of hydrogen-bond acceptors (Lipinski definition) is 6. The van der Waals surface area contributed by atoms with Gasteiger partial charge in [0.25, 0.3) is 5.70 Å². The van der Waals surface area contributed by atoms with Crippen molar-refractivity contribution in [1.29, 1.82) is 0 Å². The fourth-order valence-corrected chi connectivity index (χ4v) is 18.3. The molecule has 0 unspecified atom stereocenters. The van der Waals surface area contributed by atoms with Gasteiger partial charge in [-0.05, 0) is 120 Å². The molecule has 334 valence electrons. The monoisotopic (exact) mass is 900 g/mol. The molecule has 0 radical (unpaired) electrons. The lowest BCUT2D eigenvalue weighted by atomic mass is 10.1. The minimum Gasteiger partial charge on any atom is -0.494 e. The average Bonchev–Trinajstić information content (AvgIpc) is 3.99. The van der Waals surface area contributed by atoms with Crippen molar-refractivity contribution in [3.05, 3.63) is 107 Å². The van der Waals surface area contributed by atoms with Crippen molar-refractivity contribution in [2.75, 3.05) is 18.1 Å². The molecule has 63 heavy (non-hydrogen) atoms. The van der Waals surface area contributed by atoms with Crippen LogP contribution in [0.5, 0.6) is 11.5 Å². The van der Waals surface area contributed by atoms with Crippen LogP contribution < -0.4 is 24.7 Å². The molecule has 0 atom stereocenters. The number of benzene rings is 3. The van der Waals surface area contributed by atoms with Crippen LogP contribution in [0, 0.1) is 6.57 Å². The Morgan fingerprint density at radius 2 is 1.06 bits per heavy atom. The average molecular weight is 901 g/mol. The maximum atomic E-state index is 11.9. The zero-order valence-corrected chi connectivity index (χ0v) is 40.8. The number of anilines is 3. The van der Waals surface area contributed by atoms with Gasteiger partial charge in [-0.15, -0.1) is 22.7 Å². The first-order valence-electron chi connectivity index (χ1n) is 23.8. The fourth-order valence-electron chi connectivity index (χ4n) is 8.90. The molecule has 0 fully saturated rings. The van der Waals surface area contributed by atoms with Crippen molar-refractivity contribution < 1.29 is 19.4 Å². The van der Waals surface area contributed by atoms with Crippen LogP contribution in [0.2, 0.25) is 12.1 Å². The molecule has 1 aliphatic heterocycles. The molecule has 5 aromatic rings. The number of carbonyl (C=O) groups is 1. The van der Waals surface area contributed by atoms with Crippen LogP contribution in [0.3, 0.4) is 0 Å². The van der Waals surface area contributed by atoms with Crippen LogP contribution in [0.4, 0.5) is 17.1 Å². The van der Waals surface area contributed by atoms with Gasteiger partial charge in [-0.3, -0.25) is 4.79 Å². The summed E-state index contributed by atoms with van der Waals surface area (Å²) in [7, 11) is -2.17. The second-order valence-electron chi connectivity index (χ2n) is 17.1. The third-order valence-corrected chi connectivity index (χ3v) is 20.4. The minimum atomic E-state index is -2.17. The molecular formula is C54H68N2O4S2Si. The van der Waals surface area contributed by atoms with Gasteiger partial charge in [0.05, 0.1) is 19.8 Å². The van der Waals surface area contributed by atoms with Gasteiger partial charge < -0.3 is 19.5 Å². The molecule has 0 saturated heterocycles. The molecule has 0 aliphatic carbocycles. The summed E-state index contributed by atoms with van der Waals surface area (Å²) in [5.41, 5.74) is 4.18. The Bertz CT molecular complexity index is 2180. The number of hydrogen-bond donors (Lipinski definition) is 1. The van der Waals surface area contributed by atoms with E-state index < -0.39 is 14.0 Å². The Morgan fingerprint density at radius 3 is 1.52 bits per heavy atom. The molecule has 0 amide bonds. The van der Waals surface area contributed by atoms with E-state index in [-0.39, 0.29) is 5.70 Å². The third kappa shape index (κ3) is 12.3. The topological polar surface area (TPSA) is 63.4 Å². The molecule has 1 N–H and O–H groups in total. The van der Waals surface area contributed by atoms with Gasteiger partial charge in [0.1, 0.15) is 19.6 Å². The van der Waals surface area contributed by atoms with Gasteiger partial charge in [-0.1, -0.05) is 130 Å². The SMILES string of the molecule is [C-]#[N+]/C(=C\c1cc2c(s1)-c1sc(-c3ccc(N(c4ccc(OCCCCCC)cc4)c4ccc(OCCCCCC)cc4)cc3)cc1[Si]2(CCCCCC)CCCCCC)C(=O)O. The van der Waals surface area contributed by atoms with Gasteiger partial charge in [0.2, 0.25) is 0 Å². The summed E-state index contributed by atoms with van der Waals surface area (Å²) in [6.07, 6.45) is 20.8. The second-order valence-corrected chi connectivity index (χ2v) is 23.5. The van der Waals surface area contributed by atoms with E-state index in [2.05, 4.69) is 122 Å². The van der Waals surface area contributed by atoms with Crippen molar-refractivity contribution >= 4 is 70.2 Å². The summed E-state index contributed by atoms with van der Waals surface area (Å²) < 4.78 is 12.3. The van der Waals surface area contributed by atoms with E-state index in [0.29, 0.717) is 0 Å². The Labute approximate surface area is 386 Å². The van der Waals surface area contributed by atoms with Gasteiger partial charge >= 0.3 is 5.97 Å². The molecule has 2 aromatic heterocycles. The van der Waals surface area contributed by atoms with Crippen LogP contribution in [0.25, 0.3) is 31.1 Å². The predicted octanol–water partition coefficient (Wildman–Crippen LogP) is 15.9. The molecule has 6 rings (SSSR count). The van der Waals surface area contributed by atoms with Crippen LogP contribution in [0.1, 0.15) is 135 Å². The summed E-state index contributed by atoms with van der Waals surface area (Å²) in [5, 5.41) is 12.8. The van der Waals surface area contributed by atoms with Crippen LogP contribution in [-0.4, -0.2) is 32.4 Å². The van der Waals surface area contributed by atoms with E-state index in [1.165, 1.54) is 127 Å². The predicted molar refractivity (Wildman–Crippen MR) is 272 cm³/mol. The summed E-state index contributed by atoms with van der Waals surface area (Å²) in [4.78, 5) is 22.4. The van der Waals surface area contributed by atoms with E-state index in [9.17, 15) is 9.90 Å². The van der Waals surface area contributed by atoms with Crippen molar-refractivity contribution in [3.63, 3.8) is 0 Å². The Morgan fingerprint density at radius 1 is 0.619 bits per heavy atom. The smallest absolute Gasteiger partial charge is 0.333 e. The highest BCUT2D eigenvalue weighted by molar-refractivity contribution is 7.30. The molecule has 6 nitrogen and oxygen atoms in total. The summed E-state index contributed by atoms with van der Waals surface area (Å²) in [5.74, 6) is 0.620. The van der Waals surface area contributed by atoms with E-state index >= 15 is 0 Å². The number of rotatable bonds is 28. The van der Waals surface area contributed by atoms with Gasteiger partial charge in [0, 0.05) is 36.6 Å². The lowest BCUT2D eigenvalue weighted by molar-refractivity contribution is -0.132. The lowest BCUT2D eigenvalue weighted by Crippen LogP contribution is -2.54. The number of aliphatic carboxylic acids is 1. The highest BCUT2D eigenvalue weighted by Gasteiger charge is 2.47. The standard InChI is InChI=1S/C54H68N2O4S2Si/c1-6-10-14-18-34-59-45-30-26-43(27-31-45)56(44-28-32-46(33-29-44)60-35-19-15-11-7-2)42-24-22-41(23-25-42)49-40-51-53(62-49)52-50(39-47(61-52)38-48(55-5)54(57)58)63(51,36-20-16-12-8-3)37-21-17-13-9-4/h22-33,38-40H,6-21,34-37H2,1-4H3,(H,57,58)/b48-38-. The Kier molecular flexibility index (Phi) is 18.6. The summed E-state index contributed by atoms with van der Waals surface area (Å²) in [6.45, 7) is 18.0. The number of carboxylic acids is 1. The summed E-state index contributed by atoms with van der Waals surface area (Å²) >= 11 is 3.57. The number of unbranched alkanes of at least 4 members (excludes halogenated alkanes) is 12. The Hall–Kier alpha value is -4.62. The fraction of sp³-hybridized carbons (Fsp3) is 0.444. The highest BCUT2D eigenvalue weighted by atomic mass is 32.1. The van der Waals surface area contributed by atoms with Crippen LogP contribution in [0.15, 0.2) is 90.6 Å². The van der Waals surface area contributed by atoms with E-state index in [1.54, 1.807) is 22.6 Å². The van der Waals surface area contributed by atoms with Crippen LogP contribution in [-0.2, 0) is 4.79 Å². The highest BCUT2D eigenvalue weighted by Crippen LogP contribution is 2.46. The van der Waals surface area contributed by atoms with Gasteiger partial charge in [-0.2, -0.15) is 0 Å². The van der Waals surface area contributed by atoms with Crippen molar-refractivity contribution in [1.82, 2.24) is 0 Å². The van der Waals surface area contributed by atoms with Crippen LogP contribution >= 0.6 is 22.7 Å². The maximum absolute atomic E-state index is 11.9. The van der Waals surface area contributed by atoms with E-state index in [0.717, 1.165) is 59.5 Å². The summed E-state index contributed by atoms with van der Waals surface area (Å²) in [6, 6.07) is 33.2. The van der Waals surface area contributed by atoms with E-state index in [4.69, 9.17) is 16.0 Å². The van der Waals surface area contributed by atoms with Crippen molar-refractivity contribution in [2.45, 2.75) is 143 Å². The second kappa shape index (κ2) is 24.4. The number of carboxylic acid groups (broad SMARTS) is 1. The molecule has 0 saturated carbocycles. The van der Waals surface area contributed by atoms with Gasteiger partial charge in [0.15, 0.2) is 0 Å². The zero-order chi connectivity index (χ0) is 44.4. The maximum Gasteiger partial charge on any atom is 0.333 e. The molecule has 9 heteroatoms. The van der Waals surface area contributed by atoms with Gasteiger partial charge in [-0.25, -0.2) is 4.85 Å². The first-order valence-corrected chi connectivity index (χ1v) is 27.9. The number of fused-ring (bicyclic) bond motifs is 3. The molecule has 1 aliphatic rings. The van der Waals surface area contributed by atoms with E-state index in [1.807, 2.05) is 11.3 Å². The largest absolute Gasteiger partial charge is 0.494 e. The zero-order valence-electron chi connectivity index (χ0n) is 38.2. The molecule has 0 spiro atoms. The minimum absolute atomic E-state index is 0.224. The van der Waals surface area contributed by atoms with Crippen molar-refractivity contribution in [2.24, 2.45) is 0 Å². The number of nitrogens with zero attached hydrogens (tertiary/aromatic N) is 2.